The van der Waals surface area contributed by atoms with Gasteiger partial charge >= 0.3 is 0 Å². The molecule has 1 amide bonds. The zero-order chi connectivity index (χ0) is 29.4. The van der Waals surface area contributed by atoms with E-state index in [9.17, 15) is 14.3 Å². The van der Waals surface area contributed by atoms with Crippen molar-refractivity contribution in [2.24, 2.45) is 0 Å². The van der Waals surface area contributed by atoms with Crippen molar-refractivity contribution in [3.05, 3.63) is 101 Å². The molecule has 0 bridgehead atoms. The van der Waals surface area contributed by atoms with Crippen LogP contribution in [0.3, 0.4) is 0 Å². The molecular formula is C33H28F2N2O5. The lowest BCUT2D eigenvalue weighted by Gasteiger charge is -2.25. The molecule has 0 spiro atoms. The Hall–Kier alpha value is -4.89. The van der Waals surface area contributed by atoms with Gasteiger partial charge in [0.15, 0.2) is 23.1 Å². The zero-order valence-electron chi connectivity index (χ0n) is 23.0. The van der Waals surface area contributed by atoms with Gasteiger partial charge in [-0.05, 0) is 53.9 Å². The van der Waals surface area contributed by atoms with Gasteiger partial charge in [0.05, 0.1) is 26.9 Å². The molecule has 0 saturated heterocycles. The first-order valence-electron chi connectivity index (χ1n) is 13.4. The number of amides is 1. The predicted octanol–water partition coefficient (Wildman–Crippen LogP) is 6.02. The van der Waals surface area contributed by atoms with E-state index < -0.39 is 23.6 Å². The van der Waals surface area contributed by atoms with Crippen LogP contribution in [0.4, 0.5) is 8.78 Å². The number of benzene rings is 4. The lowest BCUT2D eigenvalue weighted by atomic mass is 9.90. The summed E-state index contributed by atoms with van der Waals surface area (Å²) in [5, 5.41) is 14.1. The van der Waals surface area contributed by atoms with Crippen LogP contribution in [0.2, 0.25) is 0 Å². The van der Waals surface area contributed by atoms with Crippen LogP contribution >= 0.6 is 0 Å². The molecule has 4 aromatic carbocycles. The van der Waals surface area contributed by atoms with Crippen LogP contribution in [0.25, 0.3) is 33.2 Å². The highest BCUT2D eigenvalue weighted by molar-refractivity contribution is 6.03. The number of hydrogen-bond acceptors (Lipinski definition) is 5. The highest BCUT2D eigenvalue weighted by Gasteiger charge is 2.27. The monoisotopic (exact) mass is 570 g/mol. The van der Waals surface area contributed by atoms with Crippen molar-refractivity contribution in [1.82, 2.24) is 10.3 Å². The zero-order valence-corrected chi connectivity index (χ0v) is 23.0. The number of aliphatic hydroxyl groups is 1. The van der Waals surface area contributed by atoms with Crippen molar-refractivity contribution >= 4 is 16.8 Å². The van der Waals surface area contributed by atoms with E-state index in [1.165, 1.54) is 26.4 Å². The molecule has 0 radical (unpaired) electrons. The molecule has 214 valence electrons. The number of aromatic amines is 1. The lowest BCUT2D eigenvalue weighted by molar-refractivity contribution is 0.0917. The average Bonchev–Trinajstić information content (AvgIpc) is 3.43. The van der Waals surface area contributed by atoms with Crippen molar-refractivity contribution < 1.29 is 32.9 Å². The Morgan fingerprint density at radius 1 is 0.976 bits per heavy atom. The fourth-order valence-corrected chi connectivity index (χ4v) is 5.47. The molecule has 7 nitrogen and oxygen atoms in total. The summed E-state index contributed by atoms with van der Waals surface area (Å²) in [6, 6.07) is 17.7. The van der Waals surface area contributed by atoms with E-state index in [1.54, 1.807) is 24.3 Å². The molecule has 3 N–H and O–H groups in total. The van der Waals surface area contributed by atoms with Crippen molar-refractivity contribution in [1.29, 1.82) is 0 Å². The molecule has 5 aromatic rings. The van der Waals surface area contributed by atoms with Crippen LogP contribution in [0.5, 0.6) is 17.2 Å². The second kappa shape index (κ2) is 11.2. The van der Waals surface area contributed by atoms with Crippen LogP contribution < -0.4 is 19.5 Å². The minimum atomic E-state index is -1.08. The van der Waals surface area contributed by atoms with E-state index in [1.807, 2.05) is 30.5 Å². The number of H-pyrrole nitrogens is 1. The molecule has 6 rings (SSSR count). The minimum absolute atomic E-state index is 0.0816. The number of aromatic nitrogens is 1. The first kappa shape index (κ1) is 27.3. The Labute approximate surface area is 240 Å². The molecule has 42 heavy (non-hydrogen) atoms. The SMILES string of the molecule is COc1cc2c(cc1OC)-c1cc(C(=O)NC(CO)Cc3c[nH]c4ccccc34)c(-c3cccc(F)c3F)cc1OC2. The van der Waals surface area contributed by atoms with Crippen LogP contribution in [0, 0.1) is 11.6 Å². The second-order valence-corrected chi connectivity index (χ2v) is 10.1. The van der Waals surface area contributed by atoms with Crippen molar-refractivity contribution in [2.45, 2.75) is 19.1 Å². The van der Waals surface area contributed by atoms with Crippen LogP contribution in [0.1, 0.15) is 21.5 Å². The van der Waals surface area contributed by atoms with Gasteiger partial charge in [0.1, 0.15) is 12.4 Å². The Morgan fingerprint density at radius 2 is 1.76 bits per heavy atom. The van der Waals surface area contributed by atoms with Crippen molar-refractivity contribution in [3.63, 3.8) is 0 Å². The number of fused-ring (bicyclic) bond motifs is 4. The fourth-order valence-electron chi connectivity index (χ4n) is 5.47. The summed E-state index contributed by atoms with van der Waals surface area (Å²) < 4.78 is 46.4. The number of carbonyl (C=O) groups excluding carboxylic acids is 1. The maximum atomic E-state index is 15.1. The number of rotatable bonds is 8. The first-order chi connectivity index (χ1) is 20.4. The van der Waals surface area contributed by atoms with Crippen molar-refractivity contribution in [3.8, 4) is 39.5 Å². The summed E-state index contributed by atoms with van der Waals surface area (Å²) in [7, 11) is 3.07. The topological polar surface area (TPSA) is 92.8 Å². The van der Waals surface area contributed by atoms with Gasteiger partial charge in [-0.2, -0.15) is 0 Å². The average molecular weight is 571 g/mol. The van der Waals surface area contributed by atoms with Gasteiger partial charge in [0.25, 0.3) is 5.91 Å². The summed E-state index contributed by atoms with van der Waals surface area (Å²) >= 11 is 0. The van der Waals surface area contributed by atoms with Gasteiger partial charge < -0.3 is 29.6 Å². The van der Waals surface area contributed by atoms with Gasteiger partial charge in [-0.25, -0.2) is 8.78 Å². The van der Waals surface area contributed by atoms with E-state index in [4.69, 9.17) is 14.2 Å². The number of aliphatic hydroxyl groups excluding tert-OH is 1. The van der Waals surface area contributed by atoms with Gasteiger partial charge in [0.2, 0.25) is 0 Å². The molecule has 1 aliphatic heterocycles. The minimum Gasteiger partial charge on any atom is -0.493 e. The van der Waals surface area contributed by atoms with Gasteiger partial charge in [-0.1, -0.05) is 30.3 Å². The number of methoxy groups -OCH3 is 2. The van der Waals surface area contributed by atoms with Crippen molar-refractivity contribution in [2.75, 3.05) is 20.8 Å². The normalized spacial score (nSPS) is 12.7. The number of hydrogen-bond donors (Lipinski definition) is 3. The number of carbonyl (C=O) groups is 1. The Kier molecular flexibility index (Phi) is 7.26. The molecular weight excluding hydrogens is 542 g/mol. The third-order valence-electron chi connectivity index (χ3n) is 7.59. The number of nitrogens with one attached hydrogen (secondary N) is 2. The molecule has 1 aliphatic rings. The third-order valence-corrected chi connectivity index (χ3v) is 7.59. The standard InChI is InChI=1S/C33H28F2N2O5/c1-40-30-11-19-17-42-29-14-24(22-7-5-8-27(34)32(22)35)26(12-25(29)23(19)13-31(30)41-2)33(39)37-20(16-38)10-18-15-36-28-9-4-3-6-21(18)28/h3-9,11-15,20,36,38H,10,16-17H2,1-2H3,(H,37,39). The molecule has 1 unspecified atom stereocenters. The molecule has 2 heterocycles. The smallest absolute Gasteiger partial charge is 0.252 e. The third kappa shape index (κ3) is 4.81. The second-order valence-electron chi connectivity index (χ2n) is 10.1. The number of para-hydroxylation sites is 1. The Morgan fingerprint density at radius 3 is 2.55 bits per heavy atom. The highest BCUT2D eigenvalue weighted by Crippen LogP contribution is 2.45. The number of ether oxygens (including phenoxy) is 3. The molecule has 0 aliphatic carbocycles. The quantitative estimate of drug-likeness (QED) is 0.212. The maximum absolute atomic E-state index is 15.1. The molecule has 1 atom stereocenters. The van der Waals surface area contributed by atoms with Crippen LogP contribution in [-0.4, -0.2) is 42.9 Å². The highest BCUT2D eigenvalue weighted by atomic mass is 19.2. The summed E-state index contributed by atoms with van der Waals surface area (Å²) in [5.41, 5.74) is 4.20. The molecule has 9 heteroatoms. The Balaban J connectivity index is 1.44. The summed E-state index contributed by atoms with van der Waals surface area (Å²) in [4.78, 5) is 17.1. The van der Waals surface area contributed by atoms with Crippen LogP contribution in [0.15, 0.2) is 72.9 Å². The molecule has 1 aromatic heterocycles. The molecule has 0 fully saturated rings. The van der Waals surface area contributed by atoms with Gasteiger partial charge in [-0.15, -0.1) is 0 Å². The lowest BCUT2D eigenvalue weighted by Crippen LogP contribution is -2.39. The van der Waals surface area contributed by atoms with Gasteiger partial charge in [0, 0.05) is 44.9 Å². The van der Waals surface area contributed by atoms with E-state index in [0.29, 0.717) is 29.2 Å². The van der Waals surface area contributed by atoms with E-state index in [-0.39, 0.29) is 29.9 Å². The van der Waals surface area contributed by atoms with E-state index in [2.05, 4.69) is 10.3 Å². The summed E-state index contributed by atoms with van der Waals surface area (Å²) in [6.07, 6.45) is 2.20. The number of halogens is 2. The van der Waals surface area contributed by atoms with Crippen LogP contribution in [-0.2, 0) is 13.0 Å². The maximum Gasteiger partial charge on any atom is 0.252 e. The summed E-state index contributed by atoms with van der Waals surface area (Å²) in [5.74, 6) is -1.23. The predicted molar refractivity (Wildman–Crippen MR) is 155 cm³/mol. The summed E-state index contributed by atoms with van der Waals surface area (Å²) in [6.45, 7) is -0.126. The fraction of sp³-hybridized carbons (Fsp3) is 0.182. The Bertz CT molecular complexity index is 1820. The molecule has 0 saturated carbocycles. The van der Waals surface area contributed by atoms with E-state index in [0.717, 1.165) is 33.7 Å². The largest absolute Gasteiger partial charge is 0.493 e. The first-order valence-corrected chi connectivity index (χ1v) is 13.4. The van der Waals surface area contributed by atoms with E-state index >= 15 is 4.39 Å². The van der Waals surface area contributed by atoms with Gasteiger partial charge in [-0.3, -0.25) is 4.79 Å².